The van der Waals surface area contributed by atoms with E-state index < -0.39 is 5.97 Å². The molecule has 2 N–H and O–H groups in total. The van der Waals surface area contributed by atoms with E-state index in [-0.39, 0.29) is 0 Å². The summed E-state index contributed by atoms with van der Waals surface area (Å²) in [7, 11) is 0. The monoisotopic (exact) mass is 405 g/mol. The molecule has 1 aromatic carbocycles. The number of anilines is 1. The second kappa shape index (κ2) is 9.22. The van der Waals surface area contributed by atoms with Gasteiger partial charge in [0, 0.05) is 43.0 Å². The lowest BCUT2D eigenvalue weighted by molar-refractivity contribution is -0.131. The zero-order valence-corrected chi connectivity index (χ0v) is 16.2. The first-order chi connectivity index (χ1) is 13.0. The van der Waals surface area contributed by atoms with Crippen LogP contribution in [0.1, 0.15) is 24.0 Å². The highest BCUT2D eigenvalue weighted by molar-refractivity contribution is 6.33. The third-order valence-electron chi connectivity index (χ3n) is 4.53. The summed E-state index contributed by atoms with van der Waals surface area (Å²) in [6.45, 7) is 2.92. The van der Waals surface area contributed by atoms with Crippen LogP contribution in [0.2, 0.25) is 10.0 Å². The molecule has 0 unspecified atom stereocenters. The maximum Gasteiger partial charge on any atom is 0.328 e. The van der Waals surface area contributed by atoms with E-state index in [2.05, 4.69) is 27.3 Å². The van der Waals surface area contributed by atoms with Crippen LogP contribution in [0.3, 0.4) is 0 Å². The number of carbonyl (C=O) groups is 1. The number of nitrogens with one attached hydrogen (secondary N) is 1. The molecule has 0 aliphatic carbocycles. The number of aliphatic carboxylic acids is 1. The summed E-state index contributed by atoms with van der Waals surface area (Å²) < 4.78 is 0. The molecule has 1 aliphatic rings. The van der Waals surface area contributed by atoms with Gasteiger partial charge in [-0.25, -0.2) is 9.78 Å². The van der Waals surface area contributed by atoms with Crippen molar-refractivity contribution < 1.29 is 9.90 Å². The quantitative estimate of drug-likeness (QED) is 0.689. The number of halogens is 2. The predicted octanol–water partition coefficient (Wildman–Crippen LogP) is 4.56. The molecular weight excluding hydrogens is 385 g/mol. The van der Waals surface area contributed by atoms with Gasteiger partial charge in [0.05, 0.1) is 5.02 Å². The number of benzene rings is 1. The molecule has 0 atom stereocenters. The van der Waals surface area contributed by atoms with Crippen LogP contribution in [0.5, 0.6) is 0 Å². The van der Waals surface area contributed by atoms with Gasteiger partial charge in [0.2, 0.25) is 0 Å². The summed E-state index contributed by atoms with van der Waals surface area (Å²) >= 11 is 12.2. The third-order valence-corrected chi connectivity index (χ3v) is 5.07. The van der Waals surface area contributed by atoms with E-state index in [9.17, 15) is 4.79 Å². The van der Waals surface area contributed by atoms with Gasteiger partial charge in [-0.2, -0.15) is 0 Å². The minimum atomic E-state index is -1.00. The minimum absolute atomic E-state index is 0.317. The zero-order chi connectivity index (χ0) is 19.2. The smallest absolute Gasteiger partial charge is 0.328 e. The first-order valence-electron chi connectivity index (χ1n) is 8.79. The number of hydrogen-bond donors (Lipinski definition) is 2. The number of aromatic nitrogens is 1. The Morgan fingerprint density at radius 2 is 1.96 bits per heavy atom. The molecule has 2 heterocycles. The summed E-state index contributed by atoms with van der Waals surface area (Å²) in [6.07, 6.45) is 6.17. The third kappa shape index (κ3) is 5.96. The lowest BCUT2D eigenvalue weighted by Gasteiger charge is -2.32. The van der Waals surface area contributed by atoms with Crippen molar-refractivity contribution in [2.75, 3.05) is 18.4 Å². The van der Waals surface area contributed by atoms with Gasteiger partial charge in [-0.3, -0.25) is 4.90 Å². The van der Waals surface area contributed by atoms with Crippen molar-refractivity contribution in [3.05, 3.63) is 63.8 Å². The first kappa shape index (κ1) is 19.7. The molecule has 27 heavy (non-hydrogen) atoms. The van der Waals surface area contributed by atoms with E-state index in [4.69, 9.17) is 28.3 Å². The van der Waals surface area contributed by atoms with Crippen molar-refractivity contribution in [2.24, 2.45) is 0 Å². The fourth-order valence-corrected chi connectivity index (χ4v) is 3.45. The Labute approximate surface area is 168 Å². The highest BCUT2D eigenvalue weighted by Gasteiger charge is 2.20. The van der Waals surface area contributed by atoms with Gasteiger partial charge < -0.3 is 10.4 Å². The molecule has 1 aromatic heterocycles. The van der Waals surface area contributed by atoms with Gasteiger partial charge in [0.1, 0.15) is 5.82 Å². The van der Waals surface area contributed by atoms with Crippen molar-refractivity contribution in [1.29, 1.82) is 0 Å². The molecule has 1 fully saturated rings. The highest BCUT2D eigenvalue weighted by Crippen LogP contribution is 2.24. The standard InChI is InChI=1S/C20H21Cl2N3O2/c21-16-4-1-14(2-5-16)13-25-9-7-17(8-10-25)24-20-18(22)11-15(12-23-20)3-6-19(26)27/h1-6,11-12,17H,7-10,13H2,(H,23,24)(H,26,27). The number of pyridine rings is 1. The molecule has 142 valence electrons. The topological polar surface area (TPSA) is 65.5 Å². The fraction of sp³-hybridized carbons (Fsp3) is 0.300. The largest absolute Gasteiger partial charge is 0.478 e. The summed E-state index contributed by atoms with van der Waals surface area (Å²) in [6, 6.07) is 10.0. The minimum Gasteiger partial charge on any atom is -0.478 e. The summed E-state index contributed by atoms with van der Waals surface area (Å²) in [4.78, 5) is 17.3. The number of hydrogen-bond acceptors (Lipinski definition) is 4. The Hall–Kier alpha value is -2.08. The van der Waals surface area contributed by atoms with Crippen LogP contribution >= 0.6 is 23.2 Å². The van der Waals surface area contributed by atoms with Gasteiger partial charge in [0.15, 0.2) is 0 Å². The Balaban J connectivity index is 1.51. The average Bonchev–Trinajstić information content (AvgIpc) is 2.65. The first-order valence-corrected chi connectivity index (χ1v) is 9.55. The lowest BCUT2D eigenvalue weighted by atomic mass is 10.0. The maximum absolute atomic E-state index is 10.6. The van der Waals surface area contributed by atoms with Gasteiger partial charge in [-0.15, -0.1) is 0 Å². The van der Waals surface area contributed by atoms with Crippen molar-refractivity contribution >= 4 is 41.1 Å². The van der Waals surface area contributed by atoms with Crippen molar-refractivity contribution in [1.82, 2.24) is 9.88 Å². The molecule has 2 aromatic rings. The molecule has 0 bridgehead atoms. The van der Waals surface area contributed by atoms with Crippen LogP contribution in [0.25, 0.3) is 6.08 Å². The molecule has 0 saturated carbocycles. The summed E-state index contributed by atoms with van der Waals surface area (Å²) in [5.74, 6) is -0.362. The second-order valence-corrected chi connectivity index (χ2v) is 7.44. The number of piperidine rings is 1. The molecule has 3 rings (SSSR count). The Kier molecular flexibility index (Phi) is 6.72. The molecule has 0 spiro atoms. The fourth-order valence-electron chi connectivity index (χ4n) is 3.09. The Morgan fingerprint density at radius 3 is 2.59 bits per heavy atom. The Morgan fingerprint density at radius 1 is 1.26 bits per heavy atom. The molecule has 7 heteroatoms. The van der Waals surface area contributed by atoms with Crippen LogP contribution < -0.4 is 5.32 Å². The predicted molar refractivity (Wildman–Crippen MR) is 109 cm³/mol. The van der Waals surface area contributed by atoms with E-state index in [0.717, 1.165) is 43.6 Å². The normalized spacial score (nSPS) is 15.9. The molecule has 5 nitrogen and oxygen atoms in total. The highest BCUT2D eigenvalue weighted by atomic mass is 35.5. The molecular formula is C20H21Cl2N3O2. The number of likely N-dealkylation sites (tertiary alicyclic amines) is 1. The van der Waals surface area contributed by atoms with Crippen molar-refractivity contribution in [3.63, 3.8) is 0 Å². The second-order valence-electron chi connectivity index (χ2n) is 6.59. The van der Waals surface area contributed by atoms with E-state index in [1.165, 1.54) is 11.6 Å². The van der Waals surface area contributed by atoms with Gasteiger partial charge >= 0.3 is 5.97 Å². The summed E-state index contributed by atoms with van der Waals surface area (Å²) in [5, 5.41) is 13.3. The van der Waals surface area contributed by atoms with Crippen molar-refractivity contribution in [3.8, 4) is 0 Å². The van der Waals surface area contributed by atoms with Crippen LogP contribution in [0.15, 0.2) is 42.6 Å². The molecule has 1 aliphatic heterocycles. The average molecular weight is 406 g/mol. The Bertz CT molecular complexity index is 816. The van der Waals surface area contributed by atoms with Crippen LogP contribution in [-0.4, -0.2) is 40.1 Å². The number of nitrogens with zero attached hydrogens (tertiary/aromatic N) is 2. The van der Waals surface area contributed by atoms with E-state index in [0.29, 0.717) is 22.4 Å². The molecule has 0 radical (unpaired) electrons. The number of carboxylic acid groups (broad SMARTS) is 1. The maximum atomic E-state index is 10.6. The van der Waals surface area contributed by atoms with E-state index in [1.807, 2.05) is 12.1 Å². The molecule has 0 amide bonds. The lowest BCUT2D eigenvalue weighted by Crippen LogP contribution is -2.38. The van der Waals surface area contributed by atoms with Crippen molar-refractivity contribution in [2.45, 2.75) is 25.4 Å². The SMILES string of the molecule is O=C(O)C=Cc1cnc(NC2CCN(Cc3ccc(Cl)cc3)CC2)c(Cl)c1. The summed E-state index contributed by atoms with van der Waals surface area (Å²) in [5.41, 5.74) is 1.92. The van der Waals surface area contributed by atoms with E-state index in [1.54, 1.807) is 12.3 Å². The van der Waals surface area contributed by atoms with Gasteiger partial charge in [-0.1, -0.05) is 35.3 Å². The van der Waals surface area contributed by atoms with Gasteiger partial charge in [-0.05, 0) is 48.2 Å². The van der Waals surface area contributed by atoms with E-state index >= 15 is 0 Å². The van der Waals surface area contributed by atoms with Gasteiger partial charge in [0.25, 0.3) is 0 Å². The molecule has 1 saturated heterocycles. The van der Waals surface area contributed by atoms with Crippen LogP contribution in [-0.2, 0) is 11.3 Å². The van der Waals surface area contributed by atoms with Crippen LogP contribution in [0.4, 0.5) is 5.82 Å². The number of rotatable bonds is 6. The van der Waals surface area contributed by atoms with Crippen LogP contribution in [0, 0.1) is 0 Å². The number of carboxylic acids is 1. The zero-order valence-electron chi connectivity index (χ0n) is 14.7.